The molecule has 0 aliphatic carbocycles. The van der Waals surface area contributed by atoms with E-state index in [4.69, 9.17) is 5.73 Å². The molecule has 1 aliphatic rings. The number of rotatable bonds is 2. The van der Waals surface area contributed by atoms with Crippen molar-refractivity contribution in [2.24, 2.45) is 11.7 Å². The number of hydrogen-bond donors (Lipinski definition) is 2. The number of primary amides is 1. The summed E-state index contributed by atoms with van der Waals surface area (Å²) in [6.07, 6.45) is 2.15. The van der Waals surface area contributed by atoms with Crippen molar-refractivity contribution < 1.29 is 4.79 Å². The van der Waals surface area contributed by atoms with E-state index in [1.54, 1.807) is 4.90 Å². The van der Waals surface area contributed by atoms with Crippen molar-refractivity contribution in [2.45, 2.75) is 12.8 Å². The molecule has 0 atom stereocenters. The van der Waals surface area contributed by atoms with Crippen LogP contribution in [-0.2, 0) is 0 Å². The van der Waals surface area contributed by atoms with E-state index in [0.717, 1.165) is 32.5 Å². The zero-order valence-electron chi connectivity index (χ0n) is 7.95. The van der Waals surface area contributed by atoms with Crippen LogP contribution in [0.5, 0.6) is 0 Å². The molecule has 1 saturated heterocycles. The lowest BCUT2D eigenvalue weighted by atomic mass is 9.97. The van der Waals surface area contributed by atoms with Gasteiger partial charge in [0.1, 0.15) is 0 Å². The van der Waals surface area contributed by atoms with Gasteiger partial charge >= 0.3 is 6.03 Å². The molecular weight excluding hydrogens is 190 g/mol. The van der Waals surface area contributed by atoms with Gasteiger partial charge in [-0.3, -0.25) is 0 Å². The van der Waals surface area contributed by atoms with Crippen LogP contribution in [0.3, 0.4) is 0 Å². The van der Waals surface area contributed by atoms with Gasteiger partial charge < -0.3 is 16.0 Å². The minimum atomic E-state index is -0.280. The molecule has 0 spiro atoms. The molecule has 4 nitrogen and oxygen atoms in total. The summed E-state index contributed by atoms with van der Waals surface area (Å²) in [5, 5.41) is 3.15. The summed E-state index contributed by atoms with van der Waals surface area (Å²) >= 11 is 0. The highest BCUT2D eigenvalue weighted by molar-refractivity contribution is 5.85. The Kier molecular flexibility index (Phi) is 5.82. The largest absolute Gasteiger partial charge is 0.351 e. The highest BCUT2D eigenvalue weighted by atomic mass is 35.5. The van der Waals surface area contributed by atoms with Crippen molar-refractivity contribution in [3.05, 3.63) is 0 Å². The lowest BCUT2D eigenvalue weighted by molar-refractivity contribution is 0.178. The van der Waals surface area contributed by atoms with Crippen molar-refractivity contribution in [3.63, 3.8) is 0 Å². The van der Waals surface area contributed by atoms with Crippen LogP contribution in [0.2, 0.25) is 0 Å². The standard InChI is InChI=1S/C8H17N3O.ClH/c1-10-6-7-2-4-11(5-3-7)8(9)12;/h7,10H,2-6H2,1H3,(H2,9,12);1H. The van der Waals surface area contributed by atoms with Crippen molar-refractivity contribution in [1.82, 2.24) is 10.2 Å². The smallest absolute Gasteiger partial charge is 0.314 e. The maximum atomic E-state index is 10.8. The molecule has 2 amide bonds. The summed E-state index contributed by atoms with van der Waals surface area (Å²) in [5.74, 6) is 0.714. The quantitative estimate of drug-likeness (QED) is 0.690. The Morgan fingerprint density at radius 3 is 2.46 bits per heavy atom. The van der Waals surface area contributed by atoms with Gasteiger partial charge in [-0.2, -0.15) is 0 Å². The van der Waals surface area contributed by atoms with Crippen molar-refractivity contribution in [1.29, 1.82) is 0 Å². The van der Waals surface area contributed by atoms with Gasteiger partial charge in [-0.15, -0.1) is 12.4 Å². The molecule has 0 aromatic rings. The maximum Gasteiger partial charge on any atom is 0.314 e. The molecule has 1 aliphatic heterocycles. The third kappa shape index (κ3) is 3.83. The molecule has 3 N–H and O–H groups in total. The van der Waals surface area contributed by atoms with Crippen LogP contribution in [-0.4, -0.2) is 37.6 Å². The Bertz CT molecular complexity index is 157. The molecule has 78 valence electrons. The number of halogens is 1. The van der Waals surface area contributed by atoms with Crippen LogP contribution in [0.15, 0.2) is 0 Å². The fourth-order valence-corrected chi connectivity index (χ4v) is 1.65. The van der Waals surface area contributed by atoms with Crippen molar-refractivity contribution in [2.75, 3.05) is 26.7 Å². The highest BCUT2D eigenvalue weighted by Gasteiger charge is 2.20. The molecule has 0 aromatic carbocycles. The SMILES string of the molecule is CNCC1CCN(C(N)=O)CC1.Cl. The first-order valence-electron chi connectivity index (χ1n) is 4.43. The summed E-state index contributed by atoms with van der Waals surface area (Å²) in [7, 11) is 1.96. The predicted molar refractivity (Wildman–Crippen MR) is 55.1 cm³/mol. The van der Waals surface area contributed by atoms with Gasteiger partial charge in [0.05, 0.1) is 0 Å². The van der Waals surface area contributed by atoms with Gasteiger partial charge in [0, 0.05) is 13.1 Å². The number of nitrogens with zero attached hydrogens (tertiary/aromatic N) is 1. The molecule has 1 heterocycles. The van der Waals surface area contributed by atoms with Gasteiger partial charge in [0.15, 0.2) is 0 Å². The molecule has 13 heavy (non-hydrogen) atoms. The van der Waals surface area contributed by atoms with Gasteiger partial charge in [0.25, 0.3) is 0 Å². The van der Waals surface area contributed by atoms with Gasteiger partial charge in [-0.05, 0) is 32.4 Å². The average molecular weight is 208 g/mol. The van der Waals surface area contributed by atoms with E-state index in [2.05, 4.69) is 5.32 Å². The second kappa shape index (κ2) is 6.05. The lowest BCUT2D eigenvalue weighted by Gasteiger charge is -2.30. The summed E-state index contributed by atoms with van der Waals surface area (Å²) in [6.45, 7) is 2.69. The number of amides is 2. The first-order chi connectivity index (χ1) is 5.74. The third-order valence-corrected chi connectivity index (χ3v) is 2.42. The zero-order chi connectivity index (χ0) is 8.97. The monoisotopic (exact) mass is 207 g/mol. The van der Waals surface area contributed by atoms with Gasteiger partial charge in [-0.25, -0.2) is 4.79 Å². The molecule has 0 aromatic heterocycles. The summed E-state index contributed by atoms with van der Waals surface area (Å²) < 4.78 is 0. The number of nitrogens with one attached hydrogen (secondary N) is 1. The molecule has 0 radical (unpaired) electrons. The number of piperidine rings is 1. The van der Waals surface area contributed by atoms with Gasteiger partial charge in [-0.1, -0.05) is 0 Å². The van der Waals surface area contributed by atoms with E-state index in [1.807, 2.05) is 7.05 Å². The molecule has 1 fully saturated rings. The van der Waals surface area contributed by atoms with Crippen molar-refractivity contribution in [3.8, 4) is 0 Å². The van der Waals surface area contributed by atoms with Gasteiger partial charge in [0.2, 0.25) is 0 Å². The summed E-state index contributed by atoms with van der Waals surface area (Å²) in [4.78, 5) is 12.5. The van der Waals surface area contributed by atoms with Crippen LogP contribution in [0, 0.1) is 5.92 Å². The molecule has 0 saturated carbocycles. The van der Waals surface area contributed by atoms with E-state index in [9.17, 15) is 4.79 Å². The highest BCUT2D eigenvalue weighted by Crippen LogP contribution is 2.15. The number of nitrogens with two attached hydrogens (primary N) is 1. The van der Waals surface area contributed by atoms with Crippen LogP contribution < -0.4 is 11.1 Å². The Morgan fingerprint density at radius 1 is 1.54 bits per heavy atom. The van der Waals surface area contributed by atoms with Crippen LogP contribution >= 0.6 is 12.4 Å². The minimum absolute atomic E-state index is 0. The second-order valence-corrected chi connectivity index (χ2v) is 3.33. The Labute approximate surface area is 85.3 Å². The van der Waals surface area contributed by atoms with Crippen molar-refractivity contribution >= 4 is 18.4 Å². The summed E-state index contributed by atoms with van der Waals surface area (Å²) in [6, 6.07) is -0.280. The van der Waals surface area contributed by atoms with Crippen LogP contribution in [0.1, 0.15) is 12.8 Å². The molecule has 1 rings (SSSR count). The van der Waals surface area contributed by atoms with E-state index >= 15 is 0 Å². The normalized spacial score (nSPS) is 18.1. The van der Waals surface area contributed by atoms with Crippen LogP contribution in [0.25, 0.3) is 0 Å². The Balaban J connectivity index is 0.00000144. The third-order valence-electron chi connectivity index (χ3n) is 2.42. The number of likely N-dealkylation sites (tertiary alicyclic amines) is 1. The Hall–Kier alpha value is -0.480. The van der Waals surface area contributed by atoms with E-state index in [1.165, 1.54) is 0 Å². The Morgan fingerprint density at radius 2 is 2.08 bits per heavy atom. The number of carbonyl (C=O) groups is 1. The first kappa shape index (κ1) is 12.5. The molecule has 0 bridgehead atoms. The number of carbonyl (C=O) groups excluding carboxylic acids is 1. The number of hydrogen-bond acceptors (Lipinski definition) is 2. The predicted octanol–water partition coefficient (Wildman–Crippen LogP) is 0.418. The summed E-state index contributed by atoms with van der Waals surface area (Å²) in [5.41, 5.74) is 5.16. The second-order valence-electron chi connectivity index (χ2n) is 3.33. The fourth-order valence-electron chi connectivity index (χ4n) is 1.65. The van der Waals surface area contributed by atoms with Crippen LogP contribution in [0.4, 0.5) is 4.79 Å². The fraction of sp³-hybridized carbons (Fsp3) is 0.875. The van der Waals surface area contributed by atoms with E-state index in [-0.39, 0.29) is 18.4 Å². The topological polar surface area (TPSA) is 58.4 Å². The molecule has 0 unspecified atom stereocenters. The van der Waals surface area contributed by atoms with E-state index in [0.29, 0.717) is 5.92 Å². The maximum absolute atomic E-state index is 10.8. The lowest BCUT2D eigenvalue weighted by Crippen LogP contribution is -2.43. The average Bonchev–Trinajstić information content (AvgIpc) is 2.06. The zero-order valence-corrected chi connectivity index (χ0v) is 8.77. The van der Waals surface area contributed by atoms with E-state index < -0.39 is 0 Å². The minimum Gasteiger partial charge on any atom is -0.351 e. The first-order valence-corrected chi connectivity index (χ1v) is 4.43. The molecular formula is C8H18ClN3O. The molecule has 5 heteroatoms. The number of urea groups is 1.